The number of rotatable bonds is 5. The van der Waals surface area contributed by atoms with Crippen molar-refractivity contribution >= 4 is 11.6 Å². The number of carbonyl (C=O) groups is 1. The van der Waals surface area contributed by atoms with Crippen LogP contribution < -0.4 is 4.90 Å². The van der Waals surface area contributed by atoms with Gasteiger partial charge < -0.3 is 14.9 Å². The molecule has 1 N–H and O–H groups in total. The van der Waals surface area contributed by atoms with Gasteiger partial charge in [-0.1, -0.05) is 30.3 Å². The van der Waals surface area contributed by atoms with Crippen molar-refractivity contribution in [2.75, 3.05) is 32.1 Å². The van der Waals surface area contributed by atoms with Crippen LogP contribution in [-0.2, 0) is 13.0 Å². The Kier molecular flexibility index (Phi) is 5.39. The van der Waals surface area contributed by atoms with Gasteiger partial charge in [-0.15, -0.1) is 0 Å². The highest BCUT2D eigenvalue weighted by Crippen LogP contribution is 2.24. The number of amides is 1. The number of carbonyl (C=O) groups excluding carboxylic acids is 1. The molecule has 0 spiro atoms. The highest BCUT2D eigenvalue weighted by molar-refractivity contribution is 5.95. The molecule has 4 nitrogen and oxygen atoms in total. The van der Waals surface area contributed by atoms with Crippen molar-refractivity contribution in [2.24, 2.45) is 5.92 Å². The Balaban J connectivity index is 1.61. The van der Waals surface area contributed by atoms with Crippen LogP contribution in [-0.4, -0.2) is 43.1 Å². The summed E-state index contributed by atoms with van der Waals surface area (Å²) in [7, 11) is 3.97. The smallest absolute Gasteiger partial charge is 0.253 e. The Bertz CT molecular complexity index is 725. The molecule has 0 bridgehead atoms. The summed E-state index contributed by atoms with van der Waals surface area (Å²) in [5.74, 6) is 0.628. The van der Waals surface area contributed by atoms with E-state index in [-0.39, 0.29) is 12.5 Å². The van der Waals surface area contributed by atoms with E-state index in [2.05, 4.69) is 12.1 Å². The molecule has 1 amide bonds. The maximum Gasteiger partial charge on any atom is 0.253 e. The molecular weight excluding hydrogens is 312 g/mol. The van der Waals surface area contributed by atoms with Crippen LogP contribution in [0.3, 0.4) is 0 Å². The molecule has 1 atom stereocenters. The fourth-order valence-corrected chi connectivity index (χ4v) is 3.40. The standard InChI is InChI=1S/C21H26N2O2/c1-22(2)20-5-3-4-19(13-20)21(25)23-11-10-18(14-23)12-16-6-8-17(15-24)9-7-16/h3-9,13,18,24H,10-12,14-15H2,1-2H3/t18-/m0/s1. The van der Waals surface area contributed by atoms with Crippen molar-refractivity contribution in [1.29, 1.82) is 0 Å². The molecule has 1 heterocycles. The van der Waals surface area contributed by atoms with Crippen LogP contribution in [0.4, 0.5) is 5.69 Å². The molecule has 4 heteroatoms. The van der Waals surface area contributed by atoms with Crippen LogP contribution in [0.1, 0.15) is 27.9 Å². The van der Waals surface area contributed by atoms with Crippen LogP contribution in [0.5, 0.6) is 0 Å². The molecule has 3 rings (SSSR count). The number of hydrogen-bond acceptors (Lipinski definition) is 3. The van der Waals surface area contributed by atoms with Crippen molar-refractivity contribution in [2.45, 2.75) is 19.4 Å². The lowest BCUT2D eigenvalue weighted by atomic mass is 9.98. The first-order chi connectivity index (χ1) is 12.1. The van der Waals surface area contributed by atoms with E-state index in [1.165, 1.54) is 5.56 Å². The van der Waals surface area contributed by atoms with Crippen LogP contribution in [0.25, 0.3) is 0 Å². The first kappa shape index (κ1) is 17.5. The van der Waals surface area contributed by atoms with Crippen molar-refractivity contribution in [1.82, 2.24) is 4.90 Å². The van der Waals surface area contributed by atoms with E-state index in [1.54, 1.807) is 0 Å². The monoisotopic (exact) mass is 338 g/mol. The minimum atomic E-state index is 0.0813. The van der Waals surface area contributed by atoms with Crippen LogP contribution in [0.15, 0.2) is 48.5 Å². The first-order valence-electron chi connectivity index (χ1n) is 8.82. The summed E-state index contributed by atoms with van der Waals surface area (Å²) in [5.41, 5.74) is 4.02. The van der Waals surface area contributed by atoms with Gasteiger partial charge in [0.25, 0.3) is 5.91 Å². The van der Waals surface area contributed by atoms with Crippen molar-refractivity contribution in [3.05, 3.63) is 65.2 Å². The van der Waals surface area contributed by atoms with E-state index in [1.807, 2.05) is 60.3 Å². The third kappa shape index (κ3) is 4.20. The Morgan fingerprint density at radius 3 is 2.56 bits per heavy atom. The maximum atomic E-state index is 12.8. The van der Waals surface area contributed by atoms with E-state index in [9.17, 15) is 4.79 Å². The predicted octanol–water partition coefficient (Wildman–Crippen LogP) is 2.95. The minimum absolute atomic E-state index is 0.0813. The molecule has 0 aliphatic carbocycles. The van der Waals surface area contributed by atoms with E-state index in [0.717, 1.165) is 42.7 Å². The van der Waals surface area contributed by atoms with E-state index >= 15 is 0 Å². The second kappa shape index (κ2) is 7.70. The fraction of sp³-hybridized carbons (Fsp3) is 0.381. The third-order valence-corrected chi connectivity index (χ3v) is 4.91. The number of hydrogen-bond donors (Lipinski definition) is 1. The lowest BCUT2D eigenvalue weighted by molar-refractivity contribution is 0.0787. The molecule has 0 unspecified atom stereocenters. The zero-order valence-electron chi connectivity index (χ0n) is 15.0. The predicted molar refractivity (Wildman–Crippen MR) is 101 cm³/mol. The van der Waals surface area contributed by atoms with Gasteiger partial charge in [0, 0.05) is 38.4 Å². The van der Waals surface area contributed by atoms with Gasteiger partial charge in [0.2, 0.25) is 0 Å². The van der Waals surface area contributed by atoms with Crippen molar-refractivity contribution in [3.63, 3.8) is 0 Å². The molecule has 2 aromatic carbocycles. The van der Waals surface area contributed by atoms with Gasteiger partial charge in [-0.05, 0) is 48.1 Å². The zero-order valence-corrected chi connectivity index (χ0v) is 15.0. The van der Waals surface area contributed by atoms with E-state index < -0.39 is 0 Å². The van der Waals surface area contributed by atoms with Crippen molar-refractivity contribution < 1.29 is 9.90 Å². The van der Waals surface area contributed by atoms with Gasteiger partial charge in [0.15, 0.2) is 0 Å². The maximum absolute atomic E-state index is 12.8. The summed E-state index contributed by atoms with van der Waals surface area (Å²) in [5, 5.41) is 9.12. The van der Waals surface area contributed by atoms with Gasteiger partial charge in [0.05, 0.1) is 6.61 Å². The molecule has 0 radical (unpaired) electrons. The van der Waals surface area contributed by atoms with E-state index in [0.29, 0.717) is 5.92 Å². The summed E-state index contributed by atoms with van der Waals surface area (Å²) < 4.78 is 0. The number of aliphatic hydroxyl groups excluding tert-OH is 1. The molecule has 2 aromatic rings. The molecule has 1 saturated heterocycles. The Morgan fingerprint density at radius 2 is 1.88 bits per heavy atom. The fourth-order valence-electron chi connectivity index (χ4n) is 3.40. The zero-order chi connectivity index (χ0) is 17.8. The average Bonchev–Trinajstić information content (AvgIpc) is 3.10. The molecule has 132 valence electrons. The van der Waals surface area contributed by atoms with Gasteiger partial charge >= 0.3 is 0 Å². The molecule has 1 fully saturated rings. The number of likely N-dealkylation sites (tertiary alicyclic amines) is 1. The summed E-state index contributed by atoms with van der Waals surface area (Å²) >= 11 is 0. The highest BCUT2D eigenvalue weighted by atomic mass is 16.3. The van der Waals surface area contributed by atoms with Crippen LogP contribution in [0.2, 0.25) is 0 Å². The number of benzene rings is 2. The van der Waals surface area contributed by atoms with Crippen LogP contribution in [0, 0.1) is 5.92 Å². The second-order valence-electron chi connectivity index (χ2n) is 7.03. The summed E-state index contributed by atoms with van der Waals surface area (Å²) in [4.78, 5) is 16.8. The second-order valence-corrected chi connectivity index (χ2v) is 7.03. The van der Waals surface area contributed by atoms with Gasteiger partial charge in [-0.25, -0.2) is 0 Å². The highest BCUT2D eigenvalue weighted by Gasteiger charge is 2.27. The Morgan fingerprint density at radius 1 is 1.16 bits per heavy atom. The molecule has 1 aliphatic rings. The van der Waals surface area contributed by atoms with Gasteiger partial charge in [-0.3, -0.25) is 4.79 Å². The Labute approximate surface area is 149 Å². The number of anilines is 1. The molecular formula is C21H26N2O2. The molecule has 1 aliphatic heterocycles. The van der Waals surface area contributed by atoms with E-state index in [4.69, 9.17) is 5.11 Å². The van der Waals surface area contributed by atoms with Gasteiger partial charge in [-0.2, -0.15) is 0 Å². The molecule has 0 aromatic heterocycles. The van der Waals surface area contributed by atoms with Gasteiger partial charge in [0.1, 0.15) is 0 Å². The summed E-state index contributed by atoms with van der Waals surface area (Å²) in [6.45, 7) is 1.72. The first-order valence-corrected chi connectivity index (χ1v) is 8.82. The summed E-state index contributed by atoms with van der Waals surface area (Å²) in [6, 6.07) is 15.9. The lowest BCUT2D eigenvalue weighted by Crippen LogP contribution is -2.29. The molecule has 25 heavy (non-hydrogen) atoms. The van der Waals surface area contributed by atoms with Crippen molar-refractivity contribution in [3.8, 4) is 0 Å². The lowest BCUT2D eigenvalue weighted by Gasteiger charge is -2.18. The average molecular weight is 338 g/mol. The van der Waals surface area contributed by atoms with Crippen LogP contribution >= 0.6 is 0 Å². The normalized spacial score (nSPS) is 16.9. The third-order valence-electron chi connectivity index (χ3n) is 4.91. The quantitative estimate of drug-likeness (QED) is 0.911. The number of nitrogens with zero attached hydrogens (tertiary/aromatic N) is 2. The Hall–Kier alpha value is -2.33. The SMILES string of the molecule is CN(C)c1cccc(C(=O)N2CC[C@@H](Cc3ccc(CO)cc3)C2)c1. The topological polar surface area (TPSA) is 43.8 Å². The summed E-state index contributed by atoms with van der Waals surface area (Å²) in [6.07, 6.45) is 2.02. The molecule has 0 saturated carbocycles. The minimum Gasteiger partial charge on any atom is -0.392 e. The number of aliphatic hydroxyl groups is 1. The largest absolute Gasteiger partial charge is 0.392 e.